The summed E-state index contributed by atoms with van der Waals surface area (Å²) in [6, 6.07) is 8.44. The summed E-state index contributed by atoms with van der Waals surface area (Å²) in [5.41, 5.74) is 3.63. The van der Waals surface area contributed by atoms with E-state index < -0.39 is 0 Å². The van der Waals surface area contributed by atoms with Gasteiger partial charge in [-0.1, -0.05) is 51.6 Å². The highest BCUT2D eigenvalue weighted by atomic mass is 16.2. The predicted molar refractivity (Wildman–Crippen MR) is 65.9 cm³/mol. The number of rotatable bonds is 3. The van der Waals surface area contributed by atoms with Crippen molar-refractivity contribution in [2.75, 3.05) is 6.61 Å². The Bertz CT molecular complexity index is 327. The zero-order valence-corrected chi connectivity index (χ0v) is 9.88. The first kappa shape index (κ1) is 12.0. The van der Waals surface area contributed by atoms with Gasteiger partial charge in [0.1, 0.15) is 0 Å². The standard InChI is InChI=1S/C14H20O/c1-11(9-10-15)12-5-7-13(8-6-12)14(2,3)4/h5-8,15H,1,9-10H2,2-4H3. The first-order chi connectivity index (χ1) is 6.95. The van der Waals surface area contributed by atoms with E-state index >= 15 is 0 Å². The number of hydrogen-bond acceptors (Lipinski definition) is 1. The van der Waals surface area contributed by atoms with E-state index in [0.717, 1.165) is 11.1 Å². The van der Waals surface area contributed by atoms with Crippen LogP contribution in [0.15, 0.2) is 30.8 Å². The molecule has 0 heterocycles. The summed E-state index contributed by atoms with van der Waals surface area (Å²) >= 11 is 0. The van der Waals surface area contributed by atoms with E-state index in [1.54, 1.807) is 0 Å². The SMILES string of the molecule is C=C(CCO)c1ccc(C(C)(C)C)cc1. The lowest BCUT2D eigenvalue weighted by Gasteiger charge is -2.19. The molecule has 1 heteroatoms. The second-order valence-electron chi connectivity index (χ2n) is 4.90. The van der Waals surface area contributed by atoms with Crippen molar-refractivity contribution in [1.82, 2.24) is 0 Å². The lowest BCUT2D eigenvalue weighted by molar-refractivity contribution is 0.305. The van der Waals surface area contributed by atoms with Crippen molar-refractivity contribution in [2.24, 2.45) is 0 Å². The van der Waals surface area contributed by atoms with Crippen LogP contribution >= 0.6 is 0 Å². The third kappa shape index (κ3) is 3.21. The second kappa shape index (κ2) is 4.63. The van der Waals surface area contributed by atoms with Crippen molar-refractivity contribution in [3.8, 4) is 0 Å². The molecule has 0 amide bonds. The maximum Gasteiger partial charge on any atom is 0.0471 e. The van der Waals surface area contributed by atoms with Gasteiger partial charge in [0.05, 0.1) is 0 Å². The summed E-state index contributed by atoms with van der Waals surface area (Å²) in [5.74, 6) is 0. The van der Waals surface area contributed by atoms with E-state index in [0.29, 0.717) is 6.42 Å². The Morgan fingerprint density at radius 2 is 1.73 bits per heavy atom. The van der Waals surface area contributed by atoms with Crippen LogP contribution in [0.2, 0.25) is 0 Å². The number of benzene rings is 1. The van der Waals surface area contributed by atoms with Gasteiger partial charge in [-0.25, -0.2) is 0 Å². The molecule has 0 fully saturated rings. The molecule has 15 heavy (non-hydrogen) atoms. The first-order valence-electron chi connectivity index (χ1n) is 5.34. The fraction of sp³-hybridized carbons (Fsp3) is 0.429. The number of hydrogen-bond donors (Lipinski definition) is 1. The molecule has 0 saturated heterocycles. The van der Waals surface area contributed by atoms with Gasteiger partial charge in [-0.05, 0) is 28.5 Å². The lowest BCUT2D eigenvalue weighted by Crippen LogP contribution is -2.10. The Morgan fingerprint density at radius 3 is 2.13 bits per heavy atom. The molecule has 0 saturated carbocycles. The molecule has 0 spiro atoms. The monoisotopic (exact) mass is 204 g/mol. The summed E-state index contributed by atoms with van der Waals surface area (Å²) in [7, 11) is 0. The molecule has 0 atom stereocenters. The van der Waals surface area contributed by atoms with Crippen LogP contribution in [0, 0.1) is 0 Å². The molecule has 82 valence electrons. The minimum absolute atomic E-state index is 0.167. The van der Waals surface area contributed by atoms with Crippen molar-refractivity contribution in [3.63, 3.8) is 0 Å². The van der Waals surface area contributed by atoms with Crippen LogP contribution in [0.3, 0.4) is 0 Å². The van der Waals surface area contributed by atoms with Gasteiger partial charge in [-0.15, -0.1) is 0 Å². The summed E-state index contributed by atoms with van der Waals surface area (Å²) in [5, 5.41) is 8.82. The average molecular weight is 204 g/mol. The Morgan fingerprint density at radius 1 is 1.20 bits per heavy atom. The lowest BCUT2D eigenvalue weighted by atomic mass is 9.86. The molecule has 0 aliphatic carbocycles. The van der Waals surface area contributed by atoms with Crippen LogP contribution in [0.25, 0.3) is 5.57 Å². The molecule has 0 aliphatic rings. The Balaban J connectivity index is 2.86. The van der Waals surface area contributed by atoms with E-state index in [4.69, 9.17) is 5.11 Å². The van der Waals surface area contributed by atoms with Gasteiger partial charge in [0.2, 0.25) is 0 Å². The molecule has 0 unspecified atom stereocenters. The largest absolute Gasteiger partial charge is 0.396 e. The maximum absolute atomic E-state index is 8.82. The van der Waals surface area contributed by atoms with Crippen molar-refractivity contribution >= 4 is 5.57 Å². The summed E-state index contributed by atoms with van der Waals surface area (Å²) in [6.45, 7) is 10.7. The van der Waals surface area contributed by atoms with Crippen LogP contribution < -0.4 is 0 Å². The van der Waals surface area contributed by atoms with Crippen molar-refractivity contribution < 1.29 is 5.11 Å². The highest BCUT2D eigenvalue weighted by Gasteiger charge is 2.12. The minimum atomic E-state index is 0.167. The number of aliphatic hydroxyl groups is 1. The zero-order chi connectivity index (χ0) is 11.5. The molecule has 0 aliphatic heterocycles. The maximum atomic E-state index is 8.82. The van der Waals surface area contributed by atoms with Crippen molar-refractivity contribution in [1.29, 1.82) is 0 Å². The minimum Gasteiger partial charge on any atom is -0.396 e. The van der Waals surface area contributed by atoms with Crippen molar-refractivity contribution in [3.05, 3.63) is 42.0 Å². The van der Waals surface area contributed by atoms with Crippen LogP contribution in [-0.2, 0) is 5.41 Å². The second-order valence-corrected chi connectivity index (χ2v) is 4.90. The molecule has 0 radical (unpaired) electrons. The molecule has 1 N–H and O–H groups in total. The molecule has 0 bridgehead atoms. The molecule has 0 aromatic heterocycles. The van der Waals surface area contributed by atoms with Crippen LogP contribution in [-0.4, -0.2) is 11.7 Å². The van der Waals surface area contributed by atoms with Gasteiger partial charge in [-0.2, -0.15) is 0 Å². The van der Waals surface area contributed by atoms with E-state index in [-0.39, 0.29) is 12.0 Å². The quantitative estimate of drug-likeness (QED) is 0.800. The van der Waals surface area contributed by atoms with Gasteiger partial charge in [0.25, 0.3) is 0 Å². The smallest absolute Gasteiger partial charge is 0.0471 e. The zero-order valence-electron chi connectivity index (χ0n) is 9.88. The third-order valence-electron chi connectivity index (χ3n) is 2.57. The van der Waals surface area contributed by atoms with Gasteiger partial charge in [-0.3, -0.25) is 0 Å². The van der Waals surface area contributed by atoms with E-state index in [1.165, 1.54) is 5.56 Å². The molecular formula is C14H20O. The fourth-order valence-corrected chi connectivity index (χ4v) is 1.49. The molecule has 1 rings (SSSR count). The molecule has 1 nitrogen and oxygen atoms in total. The van der Waals surface area contributed by atoms with Crippen LogP contribution in [0.1, 0.15) is 38.3 Å². The Hall–Kier alpha value is -1.08. The summed E-state index contributed by atoms with van der Waals surface area (Å²) in [4.78, 5) is 0. The normalized spacial score (nSPS) is 11.5. The summed E-state index contributed by atoms with van der Waals surface area (Å²) in [6.07, 6.45) is 0.648. The fourth-order valence-electron chi connectivity index (χ4n) is 1.49. The Kier molecular flexibility index (Phi) is 3.70. The van der Waals surface area contributed by atoms with Gasteiger partial charge >= 0.3 is 0 Å². The third-order valence-corrected chi connectivity index (χ3v) is 2.57. The molecular weight excluding hydrogens is 184 g/mol. The van der Waals surface area contributed by atoms with Gasteiger partial charge in [0, 0.05) is 6.61 Å². The first-order valence-corrected chi connectivity index (χ1v) is 5.34. The topological polar surface area (TPSA) is 20.2 Å². The van der Waals surface area contributed by atoms with E-state index in [9.17, 15) is 0 Å². The number of aliphatic hydroxyl groups excluding tert-OH is 1. The van der Waals surface area contributed by atoms with Gasteiger partial charge in [0.15, 0.2) is 0 Å². The molecule has 1 aromatic rings. The van der Waals surface area contributed by atoms with Crippen LogP contribution in [0.5, 0.6) is 0 Å². The highest BCUT2D eigenvalue weighted by Crippen LogP contribution is 2.24. The Labute approximate surface area is 92.5 Å². The molecule has 1 aromatic carbocycles. The predicted octanol–water partition coefficient (Wildman–Crippen LogP) is 3.38. The van der Waals surface area contributed by atoms with E-state index in [2.05, 4.69) is 51.6 Å². The van der Waals surface area contributed by atoms with Gasteiger partial charge < -0.3 is 5.11 Å². The van der Waals surface area contributed by atoms with E-state index in [1.807, 2.05) is 0 Å². The van der Waals surface area contributed by atoms with Crippen molar-refractivity contribution in [2.45, 2.75) is 32.6 Å². The average Bonchev–Trinajstić information content (AvgIpc) is 2.17. The summed E-state index contributed by atoms with van der Waals surface area (Å²) < 4.78 is 0. The van der Waals surface area contributed by atoms with Crippen LogP contribution in [0.4, 0.5) is 0 Å². The highest BCUT2D eigenvalue weighted by molar-refractivity contribution is 5.63.